The maximum Gasteiger partial charge on any atom is 0.247 e. The summed E-state index contributed by atoms with van der Waals surface area (Å²) in [6, 6.07) is 0. The number of nitrogens with zero attached hydrogens (tertiary/aromatic N) is 3. The van der Waals surface area contributed by atoms with Gasteiger partial charge < -0.3 is 9.42 Å². The van der Waals surface area contributed by atoms with Crippen LogP contribution in [0.3, 0.4) is 0 Å². The van der Waals surface area contributed by atoms with Gasteiger partial charge in [-0.2, -0.15) is 0 Å². The van der Waals surface area contributed by atoms with E-state index < -0.39 is 0 Å². The molecule has 0 atom stereocenters. The Hall–Kier alpha value is -1.06. The van der Waals surface area contributed by atoms with E-state index in [0.717, 1.165) is 0 Å². The molecule has 0 unspecified atom stereocenters. The highest BCUT2D eigenvalue weighted by atomic mass is 16.5. The van der Waals surface area contributed by atoms with Crippen molar-refractivity contribution < 1.29 is 4.52 Å². The van der Waals surface area contributed by atoms with Crippen LogP contribution in [0.5, 0.6) is 0 Å². The maximum atomic E-state index is 4.66. The lowest BCUT2D eigenvalue weighted by Gasteiger charge is -2.02. The van der Waals surface area contributed by atoms with Gasteiger partial charge >= 0.3 is 0 Å². The Morgan fingerprint density at radius 1 is 1.62 bits per heavy atom. The molecule has 4 nitrogen and oxygen atoms in total. The van der Waals surface area contributed by atoms with Gasteiger partial charge in [0.2, 0.25) is 5.88 Å². The van der Waals surface area contributed by atoms with Crippen molar-refractivity contribution in [2.24, 2.45) is 0 Å². The molecule has 0 fully saturated rings. The Labute approximate surface area is 47.1 Å². The van der Waals surface area contributed by atoms with E-state index in [1.807, 2.05) is 14.1 Å². The fourth-order valence-corrected chi connectivity index (χ4v) is 0.359. The van der Waals surface area contributed by atoms with Crippen molar-refractivity contribution in [1.29, 1.82) is 0 Å². The zero-order chi connectivity index (χ0) is 5.98. The van der Waals surface area contributed by atoms with Crippen molar-refractivity contribution in [2.45, 2.75) is 0 Å². The van der Waals surface area contributed by atoms with Crippen LogP contribution >= 0.6 is 0 Å². The molecule has 0 aliphatic carbocycles. The van der Waals surface area contributed by atoms with Crippen LogP contribution in [-0.4, -0.2) is 24.5 Å². The molecule has 0 spiro atoms. The van der Waals surface area contributed by atoms with Gasteiger partial charge in [-0.1, -0.05) is 0 Å². The van der Waals surface area contributed by atoms with Gasteiger partial charge in [0, 0.05) is 19.4 Å². The summed E-state index contributed by atoms with van der Waals surface area (Å²) < 4.78 is 4.66. The molecular formula is C4H7N3O. The van der Waals surface area contributed by atoms with Gasteiger partial charge in [-0.3, -0.25) is 0 Å². The Bertz CT molecular complexity index is 146. The zero-order valence-corrected chi connectivity index (χ0v) is 4.83. The van der Waals surface area contributed by atoms with Crippen LogP contribution in [0.1, 0.15) is 0 Å². The van der Waals surface area contributed by atoms with Crippen molar-refractivity contribution in [3.8, 4) is 0 Å². The second-order valence-corrected chi connectivity index (χ2v) is 1.65. The molecule has 0 saturated heterocycles. The topological polar surface area (TPSA) is 42.2 Å². The van der Waals surface area contributed by atoms with Gasteiger partial charge in [0.15, 0.2) is 0 Å². The van der Waals surface area contributed by atoms with E-state index in [1.54, 1.807) is 11.1 Å². The third-order valence-electron chi connectivity index (χ3n) is 0.790. The molecule has 1 aromatic rings. The minimum atomic E-state index is 0.671. The van der Waals surface area contributed by atoms with E-state index in [-0.39, 0.29) is 0 Å². The van der Waals surface area contributed by atoms with E-state index in [1.165, 1.54) is 0 Å². The van der Waals surface area contributed by atoms with Gasteiger partial charge in [0.1, 0.15) is 6.20 Å². The number of hydrogen-bond donors (Lipinski definition) is 0. The summed E-state index contributed by atoms with van der Waals surface area (Å²) >= 11 is 0. The molecule has 44 valence electrons. The number of rotatable bonds is 1. The van der Waals surface area contributed by atoms with E-state index in [9.17, 15) is 0 Å². The van der Waals surface area contributed by atoms with Gasteiger partial charge in [0.05, 0.1) is 0 Å². The quantitative estimate of drug-likeness (QED) is 0.519. The number of hydrogen-bond acceptors (Lipinski definition) is 4. The normalized spacial score (nSPS) is 9.25. The lowest BCUT2D eigenvalue weighted by atomic mass is 10.7. The Morgan fingerprint density at radius 2 is 2.38 bits per heavy atom. The average molecular weight is 113 g/mol. The molecule has 0 bridgehead atoms. The summed E-state index contributed by atoms with van der Waals surface area (Å²) in [4.78, 5) is 1.79. The number of aromatic nitrogens is 2. The summed E-state index contributed by atoms with van der Waals surface area (Å²) in [6.45, 7) is 0. The molecule has 0 aromatic carbocycles. The van der Waals surface area contributed by atoms with Crippen LogP contribution in [0, 0.1) is 0 Å². The van der Waals surface area contributed by atoms with Crippen molar-refractivity contribution >= 4 is 5.88 Å². The van der Waals surface area contributed by atoms with E-state index in [2.05, 4.69) is 14.9 Å². The highest BCUT2D eigenvalue weighted by Gasteiger charge is 1.95. The van der Waals surface area contributed by atoms with Crippen LogP contribution in [0.4, 0.5) is 5.88 Å². The molecule has 0 aliphatic heterocycles. The lowest BCUT2D eigenvalue weighted by Crippen LogP contribution is -2.06. The molecule has 1 rings (SSSR count). The molecule has 0 saturated carbocycles. The van der Waals surface area contributed by atoms with Crippen molar-refractivity contribution in [2.75, 3.05) is 19.0 Å². The second kappa shape index (κ2) is 1.81. The zero-order valence-electron chi connectivity index (χ0n) is 4.83. The van der Waals surface area contributed by atoms with E-state index in [0.29, 0.717) is 5.88 Å². The second-order valence-electron chi connectivity index (χ2n) is 1.65. The van der Waals surface area contributed by atoms with Crippen LogP contribution in [0.2, 0.25) is 0 Å². The summed E-state index contributed by atoms with van der Waals surface area (Å²) in [6.07, 6.45) is 1.56. The SMILES string of the molecule is CN(C)c1cnno1. The lowest BCUT2D eigenvalue weighted by molar-refractivity contribution is 0.397. The van der Waals surface area contributed by atoms with Gasteiger partial charge in [-0.05, 0) is 0 Å². The monoisotopic (exact) mass is 113 g/mol. The summed E-state index contributed by atoms with van der Waals surface area (Å²) in [7, 11) is 3.73. The maximum absolute atomic E-state index is 4.66. The molecule has 8 heavy (non-hydrogen) atoms. The molecule has 0 N–H and O–H groups in total. The number of anilines is 1. The molecule has 1 heterocycles. The average Bonchev–Trinajstić information content (AvgIpc) is 2.12. The molecule has 0 amide bonds. The van der Waals surface area contributed by atoms with Gasteiger partial charge in [0.25, 0.3) is 0 Å². The standard InChI is InChI=1S/C4H7N3O/c1-7(2)4-3-5-6-8-4/h3H,1-2H3. The predicted molar refractivity (Wildman–Crippen MR) is 28.6 cm³/mol. The first-order valence-electron chi connectivity index (χ1n) is 2.25. The summed E-state index contributed by atoms with van der Waals surface area (Å²) in [5.41, 5.74) is 0. The molecule has 0 radical (unpaired) electrons. The third-order valence-corrected chi connectivity index (χ3v) is 0.790. The van der Waals surface area contributed by atoms with Crippen molar-refractivity contribution in [1.82, 2.24) is 10.4 Å². The third kappa shape index (κ3) is 0.776. The highest BCUT2D eigenvalue weighted by Crippen LogP contribution is 2.03. The van der Waals surface area contributed by atoms with Crippen molar-refractivity contribution in [3.63, 3.8) is 0 Å². The van der Waals surface area contributed by atoms with Crippen LogP contribution < -0.4 is 4.90 Å². The Kier molecular flexibility index (Phi) is 1.15. The predicted octanol–water partition coefficient (Wildman–Crippen LogP) is 0.136. The summed E-state index contributed by atoms with van der Waals surface area (Å²) in [5, 5.41) is 6.76. The minimum Gasteiger partial charge on any atom is -0.345 e. The van der Waals surface area contributed by atoms with Gasteiger partial charge in [-0.15, -0.1) is 5.10 Å². The Morgan fingerprint density at radius 3 is 2.62 bits per heavy atom. The molecule has 4 heteroatoms. The fourth-order valence-electron chi connectivity index (χ4n) is 0.359. The van der Waals surface area contributed by atoms with Crippen LogP contribution in [-0.2, 0) is 0 Å². The van der Waals surface area contributed by atoms with Crippen molar-refractivity contribution in [3.05, 3.63) is 6.20 Å². The van der Waals surface area contributed by atoms with E-state index >= 15 is 0 Å². The first kappa shape index (κ1) is 5.08. The van der Waals surface area contributed by atoms with Crippen LogP contribution in [0.25, 0.3) is 0 Å². The minimum absolute atomic E-state index is 0.671. The molecular weight excluding hydrogens is 106 g/mol. The first-order chi connectivity index (χ1) is 3.80. The summed E-state index contributed by atoms with van der Waals surface area (Å²) in [5.74, 6) is 0.671. The molecule has 0 aliphatic rings. The first-order valence-corrected chi connectivity index (χ1v) is 2.25. The van der Waals surface area contributed by atoms with E-state index in [4.69, 9.17) is 0 Å². The Balaban J connectivity index is 2.77. The fraction of sp³-hybridized carbons (Fsp3) is 0.500. The largest absolute Gasteiger partial charge is 0.345 e. The molecule has 1 aromatic heterocycles. The smallest absolute Gasteiger partial charge is 0.247 e. The van der Waals surface area contributed by atoms with Crippen LogP contribution in [0.15, 0.2) is 10.7 Å². The van der Waals surface area contributed by atoms with Gasteiger partial charge in [-0.25, -0.2) is 0 Å². The highest BCUT2D eigenvalue weighted by molar-refractivity contribution is 5.26.